The van der Waals surface area contributed by atoms with Gasteiger partial charge in [0.25, 0.3) is 0 Å². The SMILES string of the molecule is O=C(Nc1cccnc1)C(=O)N1CC=C(c2ccccc2)C1. The molecule has 2 heterocycles. The molecule has 0 unspecified atom stereocenters. The van der Waals surface area contributed by atoms with E-state index in [1.807, 2.05) is 36.4 Å². The Hall–Kier alpha value is -2.95. The first kappa shape index (κ1) is 14.0. The summed E-state index contributed by atoms with van der Waals surface area (Å²) in [5.74, 6) is -1.18. The first-order chi connectivity index (χ1) is 10.7. The number of carbonyl (C=O) groups is 2. The van der Waals surface area contributed by atoms with E-state index in [9.17, 15) is 9.59 Å². The Morgan fingerprint density at radius 3 is 2.64 bits per heavy atom. The first-order valence-electron chi connectivity index (χ1n) is 6.99. The molecule has 0 saturated carbocycles. The summed E-state index contributed by atoms with van der Waals surface area (Å²) in [5, 5.41) is 2.56. The lowest BCUT2D eigenvalue weighted by atomic mass is 10.1. The summed E-state index contributed by atoms with van der Waals surface area (Å²) < 4.78 is 0. The second-order valence-corrected chi connectivity index (χ2v) is 4.98. The number of rotatable bonds is 2. The second kappa shape index (κ2) is 6.22. The van der Waals surface area contributed by atoms with Gasteiger partial charge >= 0.3 is 11.8 Å². The lowest BCUT2D eigenvalue weighted by Gasteiger charge is -2.16. The van der Waals surface area contributed by atoms with E-state index < -0.39 is 11.8 Å². The molecule has 2 aromatic rings. The minimum absolute atomic E-state index is 0.448. The predicted octanol–water partition coefficient (Wildman–Crippen LogP) is 1.95. The largest absolute Gasteiger partial charge is 0.326 e. The molecule has 22 heavy (non-hydrogen) atoms. The summed E-state index contributed by atoms with van der Waals surface area (Å²) in [5.41, 5.74) is 2.64. The quantitative estimate of drug-likeness (QED) is 0.861. The first-order valence-corrected chi connectivity index (χ1v) is 6.99. The van der Waals surface area contributed by atoms with Crippen molar-refractivity contribution in [2.75, 3.05) is 18.4 Å². The zero-order valence-corrected chi connectivity index (χ0v) is 11.9. The maximum absolute atomic E-state index is 12.2. The number of amides is 2. The molecule has 0 saturated heterocycles. The minimum Gasteiger partial charge on any atom is -0.326 e. The number of pyridine rings is 1. The van der Waals surface area contributed by atoms with E-state index in [4.69, 9.17) is 0 Å². The summed E-state index contributed by atoms with van der Waals surface area (Å²) in [4.78, 5) is 29.6. The minimum atomic E-state index is -0.643. The van der Waals surface area contributed by atoms with Crippen LogP contribution in [0, 0.1) is 0 Å². The number of carbonyl (C=O) groups excluding carboxylic acids is 2. The molecule has 0 bridgehead atoms. The normalized spacial score (nSPS) is 13.6. The summed E-state index contributed by atoms with van der Waals surface area (Å²) in [6.45, 7) is 0.896. The highest BCUT2D eigenvalue weighted by molar-refractivity contribution is 6.39. The van der Waals surface area contributed by atoms with Crippen molar-refractivity contribution >= 4 is 23.1 Å². The van der Waals surface area contributed by atoms with Gasteiger partial charge in [0.15, 0.2) is 0 Å². The standard InChI is InChI=1S/C17H15N3O2/c21-16(19-15-7-4-9-18-11-15)17(22)20-10-8-14(12-20)13-5-2-1-3-6-13/h1-9,11H,10,12H2,(H,19,21). The van der Waals surface area contributed by atoms with Gasteiger partial charge in [-0.1, -0.05) is 36.4 Å². The number of aromatic nitrogens is 1. The monoisotopic (exact) mass is 293 g/mol. The van der Waals surface area contributed by atoms with Crippen LogP contribution in [0.25, 0.3) is 5.57 Å². The Morgan fingerprint density at radius 2 is 1.91 bits per heavy atom. The van der Waals surface area contributed by atoms with Crippen LogP contribution >= 0.6 is 0 Å². The van der Waals surface area contributed by atoms with Gasteiger partial charge < -0.3 is 10.2 Å². The lowest BCUT2D eigenvalue weighted by Crippen LogP contribution is -2.38. The highest BCUT2D eigenvalue weighted by Crippen LogP contribution is 2.20. The molecule has 0 fully saturated rings. The molecule has 3 rings (SSSR count). The van der Waals surface area contributed by atoms with Gasteiger partial charge in [-0.15, -0.1) is 0 Å². The van der Waals surface area contributed by atoms with E-state index in [-0.39, 0.29) is 0 Å². The van der Waals surface area contributed by atoms with Gasteiger partial charge in [0, 0.05) is 19.3 Å². The number of anilines is 1. The molecule has 110 valence electrons. The van der Waals surface area contributed by atoms with Crippen LogP contribution in [0.15, 0.2) is 60.9 Å². The van der Waals surface area contributed by atoms with Crippen LogP contribution < -0.4 is 5.32 Å². The van der Waals surface area contributed by atoms with E-state index >= 15 is 0 Å². The summed E-state index contributed by atoms with van der Waals surface area (Å²) >= 11 is 0. The van der Waals surface area contributed by atoms with E-state index in [1.54, 1.807) is 18.3 Å². The molecule has 1 aliphatic heterocycles. The summed E-state index contributed by atoms with van der Waals surface area (Å²) in [6.07, 6.45) is 5.08. The highest BCUT2D eigenvalue weighted by atomic mass is 16.2. The van der Waals surface area contributed by atoms with Gasteiger partial charge in [-0.05, 0) is 23.3 Å². The predicted molar refractivity (Wildman–Crippen MR) is 83.9 cm³/mol. The fraction of sp³-hybridized carbons (Fsp3) is 0.118. The fourth-order valence-electron chi connectivity index (χ4n) is 2.34. The van der Waals surface area contributed by atoms with Crippen molar-refractivity contribution in [3.63, 3.8) is 0 Å². The van der Waals surface area contributed by atoms with E-state index in [0.29, 0.717) is 18.8 Å². The van der Waals surface area contributed by atoms with Crippen LogP contribution in [-0.4, -0.2) is 34.8 Å². The molecule has 1 N–H and O–H groups in total. The van der Waals surface area contributed by atoms with Crippen LogP contribution in [0.5, 0.6) is 0 Å². The van der Waals surface area contributed by atoms with Gasteiger partial charge in [0.1, 0.15) is 0 Å². The van der Waals surface area contributed by atoms with Gasteiger partial charge in [0.05, 0.1) is 11.9 Å². The summed E-state index contributed by atoms with van der Waals surface area (Å²) in [7, 11) is 0. The Labute approximate surface area is 128 Å². The van der Waals surface area contributed by atoms with Crippen LogP contribution in [0.3, 0.4) is 0 Å². The second-order valence-electron chi connectivity index (χ2n) is 4.98. The molecule has 0 aliphatic carbocycles. The smallest absolute Gasteiger partial charge is 0.313 e. The fourth-order valence-corrected chi connectivity index (χ4v) is 2.34. The van der Waals surface area contributed by atoms with Gasteiger partial charge in [-0.2, -0.15) is 0 Å². The number of benzene rings is 1. The Kier molecular flexibility index (Phi) is 3.96. The molecule has 0 atom stereocenters. The van der Waals surface area contributed by atoms with Gasteiger partial charge in [0.2, 0.25) is 0 Å². The Balaban J connectivity index is 1.62. The van der Waals surface area contributed by atoms with Crippen molar-refractivity contribution < 1.29 is 9.59 Å². The topological polar surface area (TPSA) is 62.3 Å². The van der Waals surface area contributed by atoms with Crippen molar-refractivity contribution in [2.24, 2.45) is 0 Å². The van der Waals surface area contributed by atoms with Crippen molar-refractivity contribution in [2.45, 2.75) is 0 Å². The van der Waals surface area contributed by atoms with Crippen molar-refractivity contribution in [3.05, 3.63) is 66.5 Å². The molecular formula is C17H15N3O2. The highest BCUT2D eigenvalue weighted by Gasteiger charge is 2.25. The van der Waals surface area contributed by atoms with Gasteiger partial charge in [-0.3, -0.25) is 14.6 Å². The molecule has 2 amide bonds. The third kappa shape index (κ3) is 3.03. The third-order valence-electron chi connectivity index (χ3n) is 3.46. The van der Waals surface area contributed by atoms with E-state index in [0.717, 1.165) is 11.1 Å². The number of nitrogens with zero attached hydrogens (tertiary/aromatic N) is 2. The molecule has 1 aliphatic rings. The average molecular weight is 293 g/mol. The Morgan fingerprint density at radius 1 is 1.09 bits per heavy atom. The number of hydrogen-bond donors (Lipinski definition) is 1. The molecule has 1 aromatic heterocycles. The average Bonchev–Trinajstić information content (AvgIpc) is 3.06. The molecule has 0 radical (unpaired) electrons. The van der Waals surface area contributed by atoms with Crippen molar-refractivity contribution in [1.82, 2.24) is 9.88 Å². The van der Waals surface area contributed by atoms with E-state index in [2.05, 4.69) is 10.3 Å². The van der Waals surface area contributed by atoms with Gasteiger partial charge in [-0.25, -0.2) is 0 Å². The maximum atomic E-state index is 12.2. The van der Waals surface area contributed by atoms with Crippen molar-refractivity contribution in [3.8, 4) is 0 Å². The molecular weight excluding hydrogens is 278 g/mol. The lowest BCUT2D eigenvalue weighted by molar-refractivity contribution is -0.142. The molecule has 1 aromatic carbocycles. The zero-order chi connectivity index (χ0) is 15.4. The van der Waals surface area contributed by atoms with Crippen LogP contribution in [0.1, 0.15) is 5.56 Å². The molecule has 5 heteroatoms. The van der Waals surface area contributed by atoms with Crippen LogP contribution in [-0.2, 0) is 9.59 Å². The van der Waals surface area contributed by atoms with Crippen LogP contribution in [0.2, 0.25) is 0 Å². The van der Waals surface area contributed by atoms with E-state index in [1.165, 1.54) is 11.1 Å². The zero-order valence-electron chi connectivity index (χ0n) is 11.9. The molecule has 0 spiro atoms. The Bertz CT molecular complexity index is 711. The number of hydrogen-bond acceptors (Lipinski definition) is 3. The maximum Gasteiger partial charge on any atom is 0.313 e. The third-order valence-corrected chi connectivity index (χ3v) is 3.46. The van der Waals surface area contributed by atoms with Crippen LogP contribution in [0.4, 0.5) is 5.69 Å². The molecule has 5 nitrogen and oxygen atoms in total. The van der Waals surface area contributed by atoms with Crippen molar-refractivity contribution in [1.29, 1.82) is 0 Å². The number of nitrogens with one attached hydrogen (secondary N) is 1. The summed E-state index contributed by atoms with van der Waals surface area (Å²) in [6, 6.07) is 13.2.